The summed E-state index contributed by atoms with van der Waals surface area (Å²) in [5.74, 6) is -1.08. The van der Waals surface area contributed by atoms with Gasteiger partial charge in [0.25, 0.3) is 11.5 Å². The van der Waals surface area contributed by atoms with Gasteiger partial charge in [-0.25, -0.2) is 0 Å². The zero-order valence-corrected chi connectivity index (χ0v) is 13.0. The van der Waals surface area contributed by atoms with Gasteiger partial charge in [0.1, 0.15) is 12.2 Å². The van der Waals surface area contributed by atoms with E-state index in [-0.39, 0.29) is 22.8 Å². The van der Waals surface area contributed by atoms with E-state index in [0.717, 1.165) is 4.57 Å². The largest absolute Gasteiger partial charge is 0.468 e. The molecule has 7 nitrogen and oxygen atoms in total. The number of nitrogens with one attached hydrogen (secondary N) is 1. The third-order valence-corrected chi connectivity index (χ3v) is 3.39. The lowest BCUT2D eigenvalue weighted by molar-refractivity contribution is -0.141. The quantitative estimate of drug-likeness (QED) is 0.651. The van der Waals surface area contributed by atoms with Crippen LogP contribution in [0.3, 0.4) is 0 Å². The SMILES string of the molecule is COC(=O)Cn1cccc(NC(=O)c2ccc(N)c(Cl)c2)c1=O. The van der Waals surface area contributed by atoms with Gasteiger partial charge in [-0.1, -0.05) is 11.6 Å². The Labute approximate surface area is 136 Å². The average molecular weight is 336 g/mol. The van der Waals surface area contributed by atoms with E-state index in [4.69, 9.17) is 17.3 Å². The number of aromatic nitrogens is 1. The van der Waals surface area contributed by atoms with E-state index in [1.807, 2.05) is 0 Å². The van der Waals surface area contributed by atoms with Crippen LogP contribution in [-0.2, 0) is 16.1 Å². The van der Waals surface area contributed by atoms with Gasteiger partial charge in [-0.15, -0.1) is 0 Å². The van der Waals surface area contributed by atoms with E-state index in [9.17, 15) is 14.4 Å². The molecule has 0 radical (unpaired) electrons. The molecule has 1 amide bonds. The Hall–Kier alpha value is -2.80. The number of carbonyl (C=O) groups is 2. The number of ether oxygens (including phenoxy) is 1. The Bertz CT molecular complexity index is 817. The molecule has 3 N–H and O–H groups in total. The first-order chi connectivity index (χ1) is 10.9. The molecule has 0 unspecified atom stereocenters. The molecule has 0 atom stereocenters. The minimum atomic E-state index is -0.569. The minimum absolute atomic E-state index is 0.0364. The molecule has 0 fully saturated rings. The van der Waals surface area contributed by atoms with Crippen LogP contribution >= 0.6 is 11.6 Å². The van der Waals surface area contributed by atoms with Crippen LogP contribution in [0.2, 0.25) is 5.02 Å². The first kappa shape index (κ1) is 16.6. The van der Waals surface area contributed by atoms with Crippen molar-refractivity contribution in [3.63, 3.8) is 0 Å². The van der Waals surface area contributed by atoms with E-state index in [1.54, 1.807) is 0 Å². The zero-order chi connectivity index (χ0) is 17.0. The molecule has 0 aliphatic rings. The van der Waals surface area contributed by atoms with Gasteiger partial charge in [-0.05, 0) is 30.3 Å². The average Bonchev–Trinajstić information content (AvgIpc) is 2.53. The number of carbonyl (C=O) groups excluding carboxylic acids is 2. The van der Waals surface area contributed by atoms with Crippen LogP contribution in [0.5, 0.6) is 0 Å². The van der Waals surface area contributed by atoms with Gasteiger partial charge in [0.05, 0.1) is 17.8 Å². The minimum Gasteiger partial charge on any atom is -0.468 e. The molecule has 0 saturated heterocycles. The summed E-state index contributed by atoms with van der Waals surface area (Å²) in [5.41, 5.74) is 5.71. The van der Waals surface area contributed by atoms with Crippen LogP contribution in [0.4, 0.5) is 11.4 Å². The Morgan fingerprint density at radius 1 is 1.35 bits per heavy atom. The highest BCUT2D eigenvalue weighted by Crippen LogP contribution is 2.20. The highest BCUT2D eigenvalue weighted by Gasteiger charge is 2.12. The van der Waals surface area contributed by atoms with Crippen molar-refractivity contribution < 1.29 is 14.3 Å². The van der Waals surface area contributed by atoms with Gasteiger partial charge in [0.2, 0.25) is 0 Å². The van der Waals surface area contributed by atoms with Gasteiger partial charge >= 0.3 is 5.97 Å². The number of nitrogen functional groups attached to an aromatic ring is 1. The highest BCUT2D eigenvalue weighted by molar-refractivity contribution is 6.33. The number of pyridine rings is 1. The van der Waals surface area contributed by atoms with Crippen molar-refractivity contribution in [1.82, 2.24) is 4.57 Å². The van der Waals surface area contributed by atoms with Gasteiger partial charge in [-0.2, -0.15) is 0 Å². The molecule has 0 aliphatic carbocycles. The van der Waals surface area contributed by atoms with Crippen molar-refractivity contribution in [2.75, 3.05) is 18.2 Å². The summed E-state index contributed by atoms with van der Waals surface area (Å²) in [4.78, 5) is 35.6. The molecule has 0 bridgehead atoms. The summed E-state index contributed by atoms with van der Waals surface area (Å²) in [6, 6.07) is 7.37. The maximum absolute atomic E-state index is 12.2. The summed E-state index contributed by atoms with van der Waals surface area (Å²) in [7, 11) is 1.23. The number of nitrogens with two attached hydrogens (primary N) is 1. The normalized spacial score (nSPS) is 10.2. The number of amides is 1. The van der Waals surface area contributed by atoms with Crippen molar-refractivity contribution in [1.29, 1.82) is 0 Å². The Balaban J connectivity index is 2.24. The van der Waals surface area contributed by atoms with Gasteiger partial charge < -0.3 is 20.4 Å². The number of halogens is 1. The second kappa shape index (κ2) is 6.97. The second-order valence-electron chi connectivity index (χ2n) is 4.62. The van der Waals surface area contributed by atoms with E-state index in [0.29, 0.717) is 5.69 Å². The third kappa shape index (κ3) is 3.89. The van der Waals surface area contributed by atoms with E-state index in [2.05, 4.69) is 10.1 Å². The molecule has 120 valence electrons. The first-order valence-corrected chi connectivity index (χ1v) is 6.93. The second-order valence-corrected chi connectivity index (χ2v) is 5.03. The number of nitrogens with zero attached hydrogens (tertiary/aromatic N) is 1. The first-order valence-electron chi connectivity index (χ1n) is 6.55. The number of rotatable bonds is 4. The Morgan fingerprint density at radius 2 is 2.09 bits per heavy atom. The van der Waals surface area contributed by atoms with Crippen molar-refractivity contribution in [2.45, 2.75) is 6.54 Å². The van der Waals surface area contributed by atoms with Crippen LogP contribution in [0.25, 0.3) is 0 Å². The maximum Gasteiger partial charge on any atom is 0.325 e. The fraction of sp³-hybridized carbons (Fsp3) is 0.133. The molecule has 0 saturated carbocycles. The zero-order valence-electron chi connectivity index (χ0n) is 12.2. The van der Waals surface area contributed by atoms with Crippen LogP contribution in [-0.4, -0.2) is 23.6 Å². The molecular weight excluding hydrogens is 322 g/mol. The fourth-order valence-corrected chi connectivity index (χ4v) is 2.00. The van der Waals surface area contributed by atoms with Crippen LogP contribution in [0.1, 0.15) is 10.4 Å². The number of methoxy groups -OCH3 is 1. The van der Waals surface area contributed by atoms with Crippen molar-refractivity contribution >= 4 is 34.9 Å². The molecule has 2 rings (SSSR count). The molecule has 8 heteroatoms. The number of benzene rings is 1. The molecule has 1 aromatic carbocycles. The lowest BCUT2D eigenvalue weighted by atomic mass is 10.2. The molecule has 1 aromatic heterocycles. The molecule has 0 aliphatic heterocycles. The molecular formula is C15H14ClN3O4. The molecule has 2 aromatic rings. The Morgan fingerprint density at radius 3 is 2.74 bits per heavy atom. The summed E-state index contributed by atoms with van der Waals surface area (Å²) in [5, 5.41) is 2.73. The van der Waals surface area contributed by atoms with Gasteiger partial charge in [0, 0.05) is 11.8 Å². The fourth-order valence-electron chi connectivity index (χ4n) is 1.82. The lowest BCUT2D eigenvalue weighted by Gasteiger charge is -2.09. The topological polar surface area (TPSA) is 103 Å². The molecule has 0 spiro atoms. The van der Waals surface area contributed by atoms with Crippen molar-refractivity contribution in [3.8, 4) is 0 Å². The molecule has 1 heterocycles. The number of anilines is 2. The summed E-state index contributed by atoms with van der Waals surface area (Å²) >= 11 is 5.87. The predicted molar refractivity (Wildman–Crippen MR) is 86.5 cm³/mol. The predicted octanol–water partition coefficient (Wildman–Crippen LogP) is 1.51. The number of hydrogen-bond donors (Lipinski definition) is 2. The van der Waals surface area contributed by atoms with E-state index >= 15 is 0 Å². The van der Waals surface area contributed by atoms with Gasteiger partial charge in [0.15, 0.2) is 0 Å². The summed E-state index contributed by atoms with van der Waals surface area (Å²) < 4.78 is 5.65. The van der Waals surface area contributed by atoms with Crippen molar-refractivity contribution in [3.05, 3.63) is 57.5 Å². The van der Waals surface area contributed by atoms with E-state index < -0.39 is 17.4 Å². The third-order valence-electron chi connectivity index (χ3n) is 3.06. The maximum atomic E-state index is 12.2. The lowest BCUT2D eigenvalue weighted by Crippen LogP contribution is -2.28. The summed E-state index contributed by atoms with van der Waals surface area (Å²) in [6.07, 6.45) is 1.43. The van der Waals surface area contributed by atoms with Crippen LogP contribution < -0.4 is 16.6 Å². The van der Waals surface area contributed by atoms with Crippen LogP contribution in [0.15, 0.2) is 41.3 Å². The van der Waals surface area contributed by atoms with Crippen molar-refractivity contribution in [2.24, 2.45) is 0 Å². The van der Waals surface area contributed by atoms with E-state index in [1.165, 1.54) is 43.6 Å². The standard InChI is InChI=1S/C15H14ClN3O4/c1-23-13(20)8-19-6-2-3-12(15(19)22)18-14(21)9-4-5-11(17)10(16)7-9/h2-7H,8,17H2,1H3,(H,18,21). The monoisotopic (exact) mass is 335 g/mol. The highest BCUT2D eigenvalue weighted by atomic mass is 35.5. The Kier molecular flexibility index (Phi) is 5.02. The number of esters is 1. The smallest absolute Gasteiger partial charge is 0.325 e. The van der Waals surface area contributed by atoms with Gasteiger partial charge in [-0.3, -0.25) is 14.4 Å². The summed E-state index contributed by atoms with van der Waals surface area (Å²) in [6.45, 7) is -0.243. The molecule has 23 heavy (non-hydrogen) atoms. The number of hydrogen-bond acceptors (Lipinski definition) is 5. The van der Waals surface area contributed by atoms with Crippen LogP contribution in [0, 0.1) is 0 Å².